The molecule has 0 bridgehead atoms. The summed E-state index contributed by atoms with van der Waals surface area (Å²) < 4.78 is 39.5. The molecule has 0 saturated heterocycles. The zero-order chi connectivity index (χ0) is 18.6. The Labute approximate surface area is 152 Å². The Kier molecular flexibility index (Phi) is 5.41. The van der Waals surface area contributed by atoms with Crippen LogP contribution in [-0.2, 0) is 12.6 Å². The molecule has 1 aromatic heterocycles. The Balaban J connectivity index is 1.84. The van der Waals surface area contributed by atoms with Crippen molar-refractivity contribution in [2.24, 2.45) is 5.10 Å². The van der Waals surface area contributed by atoms with Gasteiger partial charge in [-0.2, -0.15) is 22.9 Å². The van der Waals surface area contributed by atoms with Gasteiger partial charge in [0.1, 0.15) is 0 Å². The third-order valence-electron chi connectivity index (χ3n) is 3.62. The minimum atomic E-state index is -4.35. The number of rotatable bonds is 5. The zero-order valence-electron chi connectivity index (χ0n) is 13.8. The predicted octanol–water partition coefficient (Wildman–Crippen LogP) is 4.49. The fourth-order valence-corrected chi connectivity index (χ4v) is 2.76. The molecule has 0 amide bonds. The minimum Gasteiger partial charge on any atom is -0.191 e. The van der Waals surface area contributed by atoms with Crippen LogP contribution in [0, 0.1) is 0 Å². The molecular weight excluding hydrogens is 361 g/mol. The lowest BCUT2D eigenvalue weighted by molar-refractivity contribution is -0.137. The lowest BCUT2D eigenvalue weighted by Crippen LogP contribution is -2.04. The summed E-state index contributed by atoms with van der Waals surface area (Å²) in [7, 11) is 0. The average molecular weight is 376 g/mol. The van der Waals surface area contributed by atoms with Crippen LogP contribution in [0.25, 0.3) is 0 Å². The van der Waals surface area contributed by atoms with Crippen molar-refractivity contribution in [1.29, 1.82) is 0 Å². The van der Waals surface area contributed by atoms with E-state index in [4.69, 9.17) is 0 Å². The largest absolute Gasteiger partial charge is 0.416 e. The maximum absolute atomic E-state index is 12.6. The van der Waals surface area contributed by atoms with E-state index in [2.05, 4.69) is 15.3 Å². The molecule has 1 heterocycles. The van der Waals surface area contributed by atoms with Crippen molar-refractivity contribution in [2.75, 3.05) is 6.26 Å². The van der Waals surface area contributed by atoms with Gasteiger partial charge < -0.3 is 0 Å². The van der Waals surface area contributed by atoms with Gasteiger partial charge in [-0.3, -0.25) is 0 Å². The summed E-state index contributed by atoms with van der Waals surface area (Å²) in [5.41, 5.74) is 0.941. The highest BCUT2D eigenvalue weighted by Crippen LogP contribution is 2.28. The number of thioether (sulfide) groups is 1. The predicted molar refractivity (Wildman–Crippen MR) is 95.5 cm³/mol. The van der Waals surface area contributed by atoms with Crippen LogP contribution in [0.1, 0.15) is 22.5 Å². The van der Waals surface area contributed by atoms with Gasteiger partial charge in [0.15, 0.2) is 5.82 Å². The summed E-state index contributed by atoms with van der Waals surface area (Å²) >= 11 is 1.39. The minimum absolute atomic E-state index is 0.554. The van der Waals surface area contributed by atoms with Gasteiger partial charge in [-0.15, -0.1) is 10.2 Å². The first-order chi connectivity index (χ1) is 12.5. The van der Waals surface area contributed by atoms with E-state index in [1.165, 1.54) is 30.1 Å². The molecule has 8 heteroatoms. The molecular formula is C18H15F3N4S. The van der Waals surface area contributed by atoms with Crippen molar-refractivity contribution < 1.29 is 13.2 Å². The van der Waals surface area contributed by atoms with Gasteiger partial charge in [-0.25, -0.2) is 0 Å². The summed E-state index contributed by atoms with van der Waals surface area (Å²) in [5, 5.41) is 13.2. The molecule has 0 fully saturated rings. The number of aromatic nitrogens is 3. The first kappa shape index (κ1) is 18.2. The van der Waals surface area contributed by atoms with Crippen LogP contribution in [0.3, 0.4) is 0 Å². The van der Waals surface area contributed by atoms with Crippen LogP contribution >= 0.6 is 11.8 Å². The number of hydrogen-bond acceptors (Lipinski definition) is 4. The van der Waals surface area contributed by atoms with Crippen LogP contribution in [0.15, 0.2) is 64.9 Å². The SMILES string of the molecule is CSc1nnc(Cc2ccccc2)n1/N=C\c1ccc(C(F)(F)F)cc1. The van der Waals surface area contributed by atoms with E-state index >= 15 is 0 Å². The topological polar surface area (TPSA) is 43.1 Å². The second-order valence-electron chi connectivity index (χ2n) is 5.44. The van der Waals surface area contributed by atoms with Gasteiger partial charge in [-0.05, 0) is 29.5 Å². The highest BCUT2D eigenvalue weighted by Gasteiger charge is 2.29. The molecule has 0 aliphatic heterocycles. The van der Waals surface area contributed by atoms with Crippen molar-refractivity contribution in [1.82, 2.24) is 14.9 Å². The molecule has 134 valence electrons. The van der Waals surface area contributed by atoms with E-state index in [-0.39, 0.29) is 0 Å². The smallest absolute Gasteiger partial charge is 0.191 e. The van der Waals surface area contributed by atoms with E-state index < -0.39 is 11.7 Å². The molecule has 0 aliphatic rings. The zero-order valence-corrected chi connectivity index (χ0v) is 14.6. The normalized spacial score (nSPS) is 12.0. The Bertz CT molecular complexity index is 887. The average Bonchev–Trinajstić information content (AvgIpc) is 3.02. The summed E-state index contributed by atoms with van der Waals surface area (Å²) in [5.74, 6) is 0.656. The second kappa shape index (κ2) is 7.74. The fourth-order valence-electron chi connectivity index (χ4n) is 2.31. The van der Waals surface area contributed by atoms with Crippen molar-refractivity contribution >= 4 is 18.0 Å². The Hall–Kier alpha value is -2.61. The van der Waals surface area contributed by atoms with E-state index in [0.29, 0.717) is 23.0 Å². The molecule has 3 aromatic rings. The molecule has 0 unspecified atom stereocenters. The van der Waals surface area contributed by atoms with Gasteiger partial charge in [-0.1, -0.05) is 54.2 Å². The maximum atomic E-state index is 12.6. The van der Waals surface area contributed by atoms with Crippen LogP contribution < -0.4 is 0 Å². The van der Waals surface area contributed by atoms with Crippen molar-refractivity contribution in [3.05, 3.63) is 77.1 Å². The molecule has 0 saturated carbocycles. The molecule has 3 rings (SSSR count). The van der Waals surface area contributed by atoms with E-state index in [0.717, 1.165) is 17.7 Å². The third kappa shape index (κ3) is 4.32. The molecule has 0 aliphatic carbocycles. The fraction of sp³-hybridized carbons (Fsp3) is 0.167. The summed E-state index contributed by atoms with van der Waals surface area (Å²) in [6, 6.07) is 14.6. The highest BCUT2D eigenvalue weighted by atomic mass is 32.2. The van der Waals surface area contributed by atoms with Crippen molar-refractivity contribution in [3.63, 3.8) is 0 Å². The lowest BCUT2D eigenvalue weighted by Gasteiger charge is -2.06. The van der Waals surface area contributed by atoms with Crippen LogP contribution in [-0.4, -0.2) is 27.3 Å². The van der Waals surface area contributed by atoms with Crippen LogP contribution in [0.4, 0.5) is 13.2 Å². The summed E-state index contributed by atoms with van der Waals surface area (Å²) in [4.78, 5) is 0. The van der Waals surface area contributed by atoms with Gasteiger partial charge in [0.2, 0.25) is 5.16 Å². The molecule has 2 aromatic carbocycles. The summed E-state index contributed by atoms with van der Waals surface area (Å²) in [6.07, 6.45) is -0.435. The van der Waals surface area contributed by atoms with Gasteiger partial charge in [0, 0.05) is 6.42 Å². The quantitative estimate of drug-likeness (QED) is 0.487. The Morgan fingerprint density at radius 3 is 2.35 bits per heavy atom. The number of nitrogens with zero attached hydrogens (tertiary/aromatic N) is 4. The first-order valence-electron chi connectivity index (χ1n) is 7.71. The molecule has 0 N–H and O–H groups in total. The Morgan fingerprint density at radius 1 is 1.04 bits per heavy atom. The molecule has 4 nitrogen and oxygen atoms in total. The van der Waals surface area contributed by atoms with Crippen molar-refractivity contribution in [2.45, 2.75) is 17.8 Å². The van der Waals surface area contributed by atoms with E-state index in [9.17, 15) is 13.2 Å². The lowest BCUT2D eigenvalue weighted by atomic mass is 10.1. The molecule has 26 heavy (non-hydrogen) atoms. The van der Waals surface area contributed by atoms with Crippen LogP contribution in [0.2, 0.25) is 0 Å². The second-order valence-corrected chi connectivity index (χ2v) is 6.21. The summed E-state index contributed by atoms with van der Waals surface area (Å²) in [6.45, 7) is 0. The molecule has 0 atom stereocenters. The third-order valence-corrected chi connectivity index (χ3v) is 4.24. The van der Waals surface area contributed by atoms with Gasteiger partial charge >= 0.3 is 6.18 Å². The molecule has 0 radical (unpaired) electrons. The number of halogens is 3. The van der Waals surface area contributed by atoms with Gasteiger partial charge in [0.25, 0.3) is 0 Å². The highest BCUT2D eigenvalue weighted by molar-refractivity contribution is 7.98. The van der Waals surface area contributed by atoms with Gasteiger partial charge in [0.05, 0.1) is 11.8 Å². The monoisotopic (exact) mass is 376 g/mol. The van der Waals surface area contributed by atoms with E-state index in [1.807, 2.05) is 36.6 Å². The molecule has 0 spiro atoms. The maximum Gasteiger partial charge on any atom is 0.416 e. The van der Waals surface area contributed by atoms with E-state index in [1.54, 1.807) is 4.68 Å². The first-order valence-corrected chi connectivity index (χ1v) is 8.93. The van der Waals surface area contributed by atoms with Crippen molar-refractivity contribution in [3.8, 4) is 0 Å². The number of alkyl halides is 3. The number of benzene rings is 2. The standard InChI is InChI=1S/C18H15F3N4S/c1-26-17-24-23-16(11-13-5-3-2-4-6-13)25(17)22-12-14-7-9-15(10-8-14)18(19,20)21/h2-10,12H,11H2,1H3/b22-12-. The van der Waals surface area contributed by atoms with Crippen LogP contribution in [0.5, 0.6) is 0 Å². The number of hydrogen-bond donors (Lipinski definition) is 0. The Morgan fingerprint density at radius 2 is 1.73 bits per heavy atom.